The van der Waals surface area contributed by atoms with Gasteiger partial charge in [-0.1, -0.05) is 12.1 Å². The van der Waals surface area contributed by atoms with Crippen molar-refractivity contribution in [2.75, 3.05) is 0 Å². The first-order valence-electron chi connectivity index (χ1n) is 5.70. The van der Waals surface area contributed by atoms with E-state index in [1.54, 1.807) is 24.5 Å². The Morgan fingerprint density at radius 2 is 1.80 bits per heavy atom. The van der Waals surface area contributed by atoms with Gasteiger partial charge in [-0.15, -0.1) is 0 Å². The number of nitrogens with zero attached hydrogens (tertiary/aromatic N) is 2. The summed E-state index contributed by atoms with van der Waals surface area (Å²) in [7, 11) is 0. The molecule has 0 saturated heterocycles. The second kappa shape index (κ2) is 5.57. The Bertz CT molecular complexity index is 665. The molecule has 0 radical (unpaired) electrons. The molecule has 2 rings (SSSR count). The molecule has 0 fully saturated rings. The largest absolute Gasteiger partial charge is 0.416 e. The van der Waals surface area contributed by atoms with Crippen molar-refractivity contribution in [3.63, 3.8) is 0 Å². The fourth-order valence-electron chi connectivity index (χ4n) is 1.77. The van der Waals surface area contributed by atoms with Crippen LogP contribution in [0.4, 0.5) is 13.2 Å². The van der Waals surface area contributed by atoms with E-state index in [1.165, 1.54) is 18.2 Å². The maximum atomic E-state index is 12.5. The van der Waals surface area contributed by atoms with Crippen molar-refractivity contribution in [3.8, 4) is 17.2 Å². The molecule has 0 aliphatic carbocycles. The van der Waals surface area contributed by atoms with Crippen LogP contribution in [0, 0.1) is 11.3 Å². The van der Waals surface area contributed by atoms with Gasteiger partial charge in [0.15, 0.2) is 0 Å². The zero-order valence-electron chi connectivity index (χ0n) is 10.2. The number of pyridine rings is 1. The SMILES string of the molecule is N#CC=Cc1cnccc1-c1ccc(C(F)(F)F)cc1. The van der Waals surface area contributed by atoms with Crippen LogP contribution in [0.2, 0.25) is 0 Å². The molecule has 0 N–H and O–H groups in total. The second-order valence-corrected chi connectivity index (χ2v) is 4.00. The quantitative estimate of drug-likeness (QED) is 0.765. The van der Waals surface area contributed by atoms with Gasteiger partial charge in [-0.05, 0) is 35.4 Å². The maximum absolute atomic E-state index is 12.5. The van der Waals surface area contributed by atoms with Crippen LogP contribution in [-0.4, -0.2) is 4.98 Å². The first-order valence-corrected chi connectivity index (χ1v) is 5.70. The Kier molecular flexibility index (Phi) is 3.85. The molecule has 5 heteroatoms. The third-order valence-electron chi connectivity index (χ3n) is 2.71. The van der Waals surface area contributed by atoms with Gasteiger partial charge in [-0.3, -0.25) is 4.98 Å². The molecule has 1 heterocycles. The van der Waals surface area contributed by atoms with E-state index in [1.807, 2.05) is 6.07 Å². The molecule has 20 heavy (non-hydrogen) atoms. The van der Waals surface area contributed by atoms with Crippen molar-refractivity contribution in [1.82, 2.24) is 4.98 Å². The predicted molar refractivity (Wildman–Crippen MR) is 69.3 cm³/mol. The Labute approximate surface area is 113 Å². The van der Waals surface area contributed by atoms with Crippen LogP contribution in [0.1, 0.15) is 11.1 Å². The van der Waals surface area contributed by atoms with Crippen molar-refractivity contribution in [1.29, 1.82) is 5.26 Å². The summed E-state index contributed by atoms with van der Waals surface area (Å²) in [5.74, 6) is 0. The minimum atomic E-state index is -4.35. The van der Waals surface area contributed by atoms with Gasteiger partial charge < -0.3 is 0 Å². The van der Waals surface area contributed by atoms with Gasteiger partial charge in [0.1, 0.15) is 0 Å². The van der Waals surface area contributed by atoms with Crippen LogP contribution >= 0.6 is 0 Å². The fraction of sp³-hybridized carbons (Fsp3) is 0.0667. The highest BCUT2D eigenvalue weighted by Gasteiger charge is 2.29. The Hall–Kier alpha value is -2.61. The molecule has 0 aliphatic rings. The number of nitriles is 1. The summed E-state index contributed by atoms with van der Waals surface area (Å²) in [5.41, 5.74) is 1.34. The van der Waals surface area contributed by atoms with Crippen LogP contribution in [0.3, 0.4) is 0 Å². The van der Waals surface area contributed by atoms with E-state index in [9.17, 15) is 13.2 Å². The minimum Gasteiger partial charge on any atom is -0.264 e. The summed E-state index contributed by atoms with van der Waals surface area (Å²) in [6, 6.07) is 8.44. The normalized spacial score (nSPS) is 11.5. The third-order valence-corrected chi connectivity index (χ3v) is 2.71. The summed E-state index contributed by atoms with van der Waals surface area (Å²) in [5, 5.41) is 8.53. The first-order chi connectivity index (χ1) is 9.52. The van der Waals surface area contributed by atoms with Crippen LogP contribution in [0.25, 0.3) is 17.2 Å². The highest BCUT2D eigenvalue weighted by atomic mass is 19.4. The molecule has 1 aromatic heterocycles. The fourth-order valence-corrected chi connectivity index (χ4v) is 1.77. The molecule has 100 valence electrons. The predicted octanol–water partition coefficient (Wildman–Crippen LogP) is 4.30. The molecule has 0 unspecified atom stereocenters. The molecule has 0 spiro atoms. The number of allylic oxidation sites excluding steroid dienone is 1. The van der Waals surface area contributed by atoms with Crippen LogP contribution in [0.15, 0.2) is 48.8 Å². The summed E-state index contributed by atoms with van der Waals surface area (Å²) < 4.78 is 37.5. The van der Waals surface area contributed by atoms with Crippen molar-refractivity contribution >= 4 is 6.08 Å². The molecule has 2 aromatic rings. The number of aromatic nitrogens is 1. The molecule has 0 atom stereocenters. The van der Waals surface area contributed by atoms with E-state index in [4.69, 9.17) is 5.26 Å². The average molecular weight is 274 g/mol. The van der Waals surface area contributed by atoms with Gasteiger partial charge in [-0.2, -0.15) is 18.4 Å². The summed E-state index contributed by atoms with van der Waals surface area (Å²) in [6.45, 7) is 0. The first kappa shape index (κ1) is 13.8. The molecule has 0 bridgehead atoms. The Balaban J connectivity index is 2.43. The molecule has 0 aliphatic heterocycles. The number of hydrogen-bond acceptors (Lipinski definition) is 2. The van der Waals surface area contributed by atoms with Crippen molar-refractivity contribution < 1.29 is 13.2 Å². The van der Waals surface area contributed by atoms with E-state index in [-0.39, 0.29) is 0 Å². The molecular weight excluding hydrogens is 265 g/mol. The standard InChI is InChI=1S/C15H9F3N2/c16-15(17,18)13-5-3-11(4-6-13)14-7-9-20-10-12(14)2-1-8-19/h1-7,9-10H. The van der Waals surface area contributed by atoms with Crippen molar-refractivity contribution in [2.24, 2.45) is 0 Å². The Morgan fingerprint density at radius 3 is 2.40 bits per heavy atom. The van der Waals surface area contributed by atoms with Gasteiger partial charge in [0, 0.05) is 24.0 Å². The second-order valence-electron chi connectivity index (χ2n) is 4.00. The van der Waals surface area contributed by atoms with Crippen LogP contribution in [-0.2, 0) is 6.18 Å². The van der Waals surface area contributed by atoms with E-state index < -0.39 is 11.7 Å². The number of alkyl halides is 3. The minimum absolute atomic E-state index is 0.637. The topological polar surface area (TPSA) is 36.7 Å². The maximum Gasteiger partial charge on any atom is 0.416 e. The monoisotopic (exact) mass is 274 g/mol. The highest BCUT2D eigenvalue weighted by Crippen LogP contribution is 2.31. The number of benzene rings is 1. The van der Waals surface area contributed by atoms with Gasteiger partial charge in [0.25, 0.3) is 0 Å². The van der Waals surface area contributed by atoms with Gasteiger partial charge >= 0.3 is 6.18 Å². The lowest BCUT2D eigenvalue weighted by atomic mass is 10.00. The average Bonchev–Trinajstić information content (AvgIpc) is 2.45. The number of halogens is 3. The van der Waals surface area contributed by atoms with Crippen molar-refractivity contribution in [3.05, 3.63) is 59.9 Å². The number of rotatable bonds is 2. The number of hydrogen-bond donors (Lipinski definition) is 0. The molecule has 1 aromatic carbocycles. The molecular formula is C15H9F3N2. The zero-order valence-corrected chi connectivity index (χ0v) is 10.2. The lowest BCUT2D eigenvalue weighted by Gasteiger charge is -2.09. The molecule has 0 amide bonds. The Morgan fingerprint density at radius 1 is 1.10 bits per heavy atom. The highest BCUT2D eigenvalue weighted by molar-refractivity contribution is 5.75. The summed E-state index contributed by atoms with van der Waals surface area (Å²) in [6.07, 6.45) is 1.63. The summed E-state index contributed by atoms with van der Waals surface area (Å²) >= 11 is 0. The lowest BCUT2D eigenvalue weighted by molar-refractivity contribution is -0.137. The zero-order chi connectivity index (χ0) is 14.6. The summed E-state index contributed by atoms with van der Waals surface area (Å²) in [4.78, 5) is 3.94. The van der Waals surface area contributed by atoms with E-state index in [0.717, 1.165) is 17.7 Å². The smallest absolute Gasteiger partial charge is 0.264 e. The van der Waals surface area contributed by atoms with Gasteiger partial charge in [-0.25, -0.2) is 0 Å². The van der Waals surface area contributed by atoms with E-state index >= 15 is 0 Å². The van der Waals surface area contributed by atoms with Crippen LogP contribution in [0.5, 0.6) is 0 Å². The van der Waals surface area contributed by atoms with Crippen LogP contribution < -0.4 is 0 Å². The molecule has 2 nitrogen and oxygen atoms in total. The van der Waals surface area contributed by atoms with Gasteiger partial charge in [0.05, 0.1) is 11.6 Å². The van der Waals surface area contributed by atoms with Gasteiger partial charge in [0.2, 0.25) is 0 Å². The van der Waals surface area contributed by atoms with E-state index in [0.29, 0.717) is 11.1 Å². The van der Waals surface area contributed by atoms with Crippen molar-refractivity contribution in [2.45, 2.75) is 6.18 Å². The molecule has 0 saturated carbocycles. The van der Waals surface area contributed by atoms with E-state index in [2.05, 4.69) is 4.98 Å². The lowest BCUT2D eigenvalue weighted by Crippen LogP contribution is -2.04. The third kappa shape index (κ3) is 3.04.